The molecule has 1 unspecified atom stereocenters. The second-order valence-corrected chi connectivity index (χ2v) is 8.19. The van der Waals surface area contributed by atoms with Crippen LogP contribution in [0.2, 0.25) is 0 Å². The highest BCUT2D eigenvalue weighted by atomic mass is 127. The maximum absolute atomic E-state index is 12.9. The molecule has 0 heterocycles. The van der Waals surface area contributed by atoms with Crippen LogP contribution in [-0.2, 0) is 28.3 Å². The van der Waals surface area contributed by atoms with Gasteiger partial charge in [0.05, 0.1) is 14.7 Å². The Morgan fingerprint density at radius 1 is 1.09 bits per heavy atom. The van der Waals surface area contributed by atoms with Crippen LogP contribution < -0.4 is 4.74 Å². The fourth-order valence-corrected chi connectivity index (χ4v) is 3.55. The average molecular weight is 612 g/mol. The van der Waals surface area contributed by atoms with E-state index in [0.29, 0.717) is 21.5 Å². The number of allylic oxidation sites excluding steroid dienone is 1. The van der Waals surface area contributed by atoms with Crippen LogP contribution in [0.15, 0.2) is 48.6 Å². The van der Waals surface area contributed by atoms with Gasteiger partial charge in [-0.25, -0.2) is 4.79 Å². The Hall–Kier alpha value is -2.72. The molecule has 0 saturated heterocycles. The van der Waals surface area contributed by atoms with E-state index in [1.807, 2.05) is 22.6 Å². The van der Waals surface area contributed by atoms with Crippen LogP contribution in [0.1, 0.15) is 29.2 Å². The number of carboxylic acid groups (broad SMARTS) is 1. The minimum Gasteiger partial charge on any atom is -0.488 e. The molecule has 0 aliphatic carbocycles. The van der Waals surface area contributed by atoms with E-state index in [1.54, 1.807) is 25.1 Å². The zero-order valence-electron chi connectivity index (χ0n) is 18.1. The molecule has 2 aromatic rings. The fourth-order valence-electron chi connectivity index (χ4n) is 2.82. The van der Waals surface area contributed by atoms with E-state index >= 15 is 0 Å². The second-order valence-electron chi connectivity index (χ2n) is 7.03. The monoisotopic (exact) mass is 612 g/mol. The Balaban J connectivity index is 2.03. The average Bonchev–Trinajstić information content (AvgIpc) is 2.75. The number of ether oxygens (including phenoxy) is 2. The molecule has 35 heavy (non-hydrogen) atoms. The van der Waals surface area contributed by atoms with Crippen LogP contribution >= 0.6 is 22.6 Å². The second kappa shape index (κ2) is 12.3. The third-order valence-corrected chi connectivity index (χ3v) is 5.24. The minimum atomic E-state index is -4.94. The number of carbonyl (C=O) groups is 1. The smallest absolute Gasteiger partial charge is 0.416 e. The van der Waals surface area contributed by atoms with Crippen LogP contribution in [0.4, 0.5) is 26.3 Å². The molecule has 11 heteroatoms. The van der Waals surface area contributed by atoms with E-state index in [0.717, 1.165) is 5.56 Å². The number of carboxylic acids is 1. The van der Waals surface area contributed by atoms with Gasteiger partial charge in [0.25, 0.3) is 0 Å². The number of halogens is 7. The zero-order valence-corrected chi connectivity index (χ0v) is 20.3. The van der Waals surface area contributed by atoms with Crippen molar-refractivity contribution >= 4 is 28.6 Å². The summed E-state index contributed by atoms with van der Waals surface area (Å²) in [6.45, 7) is 2.01. The van der Waals surface area contributed by atoms with Crippen LogP contribution in [-0.4, -0.2) is 30.4 Å². The van der Waals surface area contributed by atoms with E-state index in [1.165, 1.54) is 12.2 Å². The van der Waals surface area contributed by atoms with Gasteiger partial charge in [-0.1, -0.05) is 17.9 Å². The molecule has 188 valence electrons. The summed E-state index contributed by atoms with van der Waals surface area (Å²) in [7, 11) is 0. The summed E-state index contributed by atoms with van der Waals surface area (Å²) in [6.07, 6.45) is -7.95. The van der Waals surface area contributed by atoms with Gasteiger partial charge < -0.3 is 14.6 Å². The van der Waals surface area contributed by atoms with Crippen molar-refractivity contribution < 1.29 is 45.7 Å². The normalized spacial score (nSPS) is 12.8. The number of hydrogen-bond donors (Lipinski definition) is 1. The number of aliphatic carboxylic acids is 1. The lowest BCUT2D eigenvalue weighted by Gasteiger charge is -2.13. The van der Waals surface area contributed by atoms with E-state index in [2.05, 4.69) is 11.8 Å². The Morgan fingerprint density at radius 2 is 1.71 bits per heavy atom. The van der Waals surface area contributed by atoms with Crippen LogP contribution in [0.25, 0.3) is 0 Å². The van der Waals surface area contributed by atoms with Crippen molar-refractivity contribution in [2.45, 2.75) is 31.8 Å². The molecule has 0 spiro atoms. The van der Waals surface area contributed by atoms with E-state index in [9.17, 15) is 36.2 Å². The van der Waals surface area contributed by atoms with Gasteiger partial charge in [0.15, 0.2) is 6.10 Å². The van der Waals surface area contributed by atoms with Crippen LogP contribution in [0.5, 0.6) is 5.75 Å². The Bertz CT molecular complexity index is 1100. The first kappa shape index (κ1) is 28.5. The first-order valence-electron chi connectivity index (χ1n) is 10.0. The summed E-state index contributed by atoms with van der Waals surface area (Å²) in [5.41, 5.74) is -2.55. The Labute approximate surface area is 211 Å². The highest BCUT2D eigenvalue weighted by Gasteiger charge is 2.36. The maximum Gasteiger partial charge on any atom is 0.416 e. The van der Waals surface area contributed by atoms with Crippen molar-refractivity contribution in [1.82, 2.24) is 0 Å². The maximum atomic E-state index is 12.9. The van der Waals surface area contributed by atoms with E-state index < -0.39 is 41.1 Å². The first-order valence-corrected chi connectivity index (χ1v) is 11.1. The van der Waals surface area contributed by atoms with Crippen molar-refractivity contribution in [3.63, 3.8) is 0 Å². The lowest BCUT2D eigenvalue weighted by atomic mass is 10.0. The minimum absolute atomic E-state index is 0.0388. The number of rotatable bonds is 8. The van der Waals surface area contributed by atoms with Crippen molar-refractivity contribution in [1.29, 1.82) is 0 Å². The van der Waals surface area contributed by atoms with Gasteiger partial charge in [0, 0.05) is 18.6 Å². The number of benzene rings is 2. The summed E-state index contributed by atoms with van der Waals surface area (Å²) in [5, 5.41) is 9.18. The zero-order chi connectivity index (χ0) is 26.2. The topological polar surface area (TPSA) is 55.8 Å². The molecule has 0 radical (unpaired) electrons. The van der Waals surface area contributed by atoms with E-state index in [-0.39, 0.29) is 25.7 Å². The molecule has 2 aromatic carbocycles. The van der Waals surface area contributed by atoms with Gasteiger partial charge in [0.2, 0.25) is 0 Å². The molecule has 0 bridgehead atoms. The van der Waals surface area contributed by atoms with Crippen LogP contribution in [0.3, 0.4) is 0 Å². The molecular weight excluding hydrogens is 593 g/mol. The van der Waals surface area contributed by atoms with Crippen molar-refractivity contribution in [3.8, 4) is 17.6 Å². The highest BCUT2D eigenvalue weighted by molar-refractivity contribution is 14.1. The molecule has 1 N–H and O–H groups in total. The molecule has 1 atom stereocenters. The standard InChI is InChI=1S/C24H19F6IO4/c1-2-34-21(22(32)33)13-16-7-8-20(19(31)12-16)35-9-5-3-4-6-15-10-17(23(25,26)27)14-18(11-15)24(28,29)30/h3,5,7-8,10-12,14,21H,2,9,13H2,1H3,(H,32,33)/b5-3-. The fraction of sp³-hybridized carbons (Fsp3) is 0.292. The predicted molar refractivity (Wildman–Crippen MR) is 124 cm³/mol. The molecule has 0 fully saturated rings. The molecule has 0 amide bonds. The summed E-state index contributed by atoms with van der Waals surface area (Å²) in [5.74, 6) is 4.11. The SMILES string of the molecule is CCOC(Cc1ccc(OC/C=C\C#Cc2cc(C(F)(F)F)cc(C(F)(F)F)c2)c(I)c1)C(=O)O. The lowest BCUT2D eigenvalue weighted by molar-refractivity contribution is -0.150. The molecule has 0 aliphatic rings. The molecular formula is C24H19F6IO4. The van der Waals surface area contributed by atoms with Gasteiger partial charge in [0.1, 0.15) is 12.4 Å². The Kier molecular flexibility index (Phi) is 10.0. The van der Waals surface area contributed by atoms with Gasteiger partial charge >= 0.3 is 18.3 Å². The third-order valence-electron chi connectivity index (χ3n) is 4.40. The van der Waals surface area contributed by atoms with Gasteiger partial charge in [-0.05, 0) is 77.6 Å². The van der Waals surface area contributed by atoms with Gasteiger partial charge in [-0.2, -0.15) is 26.3 Å². The summed E-state index contributed by atoms with van der Waals surface area (Å²) < 4.78 is 88.8. The molecule has 2 rings (SSSR count). The third kappa shape index (κ3) is 9.10. The first-order chi connectivity index (χ1) is 16.3. The molecule has 0 aliphatic heterocycles. The molecule has 0 aromatic heterocycles. The van der Waals surface area contributed by atoms with E-state index in [4.69, 9.17) is 9.47 Å². The van der Waals surface area contributed by atoms with Crippen molar-refractivity contribution in [2.24, 2.45) is 0 Å². The predicted octanol–water partition coefficient (Wildman–Crippen LogP) is 6.35. The largest absolute Gasteiger partial charge is 0.488 e. The highest BCUT2D eigenvalue weighted by Crippen LogP contribution is 2.36. The number of alkyl halides is 6. The summed E-state index contributed by atoms with van der Waals surface area (Å²) >= 11 is 2.02. The number of hydrogen-bond acceptors (Lipinski definition) is 3. The van der Waals surface area contributed by atoms with Gasteiger partial charge in [-0.3, -0.25) is 0 Å². The Morgan fingerprint density at radius 3 is 2.23 bits per heavy atom. The quantitative estimate of drug-likeness (QED) is 0.215. The molecule has 4 nitrogen and oxygen atoms in total. The molecule has 0 saturated carbocycles. The summed E-state index contributed by atoms with van der Waals surface area (Å²) in [6, 6.07) is 6.25. The summed E-state index contributed by atoms with van der Waals surface area (Å²) in [4.78, 5) is 11.2. The van der Waals surface area contributed by atoms with Crippen molar-refractivity contribution in [3.05, 3.63) is 74.4 Å². The van der Waals surface area contributed by atoms with Gasteiger partial charge in [-0.15, -0.1) is 0 Å². The van der Waals surface area contributed by atoms with Crippen LogP contribution in [0, 0.1) is 15.4 Å². The van der Waals surface area contributed by atoms with Crippen molar-refractivity contribution in [2.75, 3.05) is 13.2 Å². The lowest BCUT2D eigenvalue weighted by Crippen LogP contribution is -2.26.